The quantitative estimate of drug-likeness (QED) is 0.540. The van der Waals surface area contributed by atoms with Crippen LogP contribution in [0.3, 0.4) is 0 Å². The van der Waals surface area contributed by atoms with Gasteiger partial charge in [0.25, 0.3) is 0 Å². The molecule has 1 amide bonds. The summed E-state index contributed by atoms with van der Waals surface area (Å²) >= 11 is 0. The molecule has 0 bridgehead atoms. The standard InChI is InChI=1S/C11H17NO3/c1-2-15-11(14)9-8-5-3-4-7(8)6-12-10(9)13/h7-9H,2-6H2,1H3,(H,12,13)/t7-,8-,9-/m1/s1. The maximum absolute atomic E-state index is 11.7. The lowest BCUT2D eigenvalue weighted by Gasteiger charge is -2.31. The molecule has 0 aromatic rings. The van der Waals surface area contributed by atoms with E-state index in [2.05, 4.69) is 5.32 Å². The highest BCUT2D eigenvalue weighted by molar-refractivity contribution is 5.98. The third kappa shape index (κ3) is 1.85. The maximum atomic E-state index is 11.7. The predicted octanol–water partition coefficient (Wildman–Crippen LogP) is 0.712. The van der Waals surface area contributed by atoms with Crippen LogP contribution in [0.15, 0.2) is 0 Å². The van der Waals surface area contributed by atoms with Crippen LogP contribution >= 0.6 is 0 Å². The molecular weight excluding hydrogens is 194 g/mol. The Morgan fingerprint density at radius 2 is 2.33 bits per heavy atom. The topological polar surface area (TPSA) is 55.4 Å². The van der Waals surface area contributed by atoms with Crippen molar-refractivity contribution in [3.05, 3.63) is 0 Å². The average molecular weight is 211 g/mol. The van der Waals surface area contributed by atoms with Gasteiger partial charge in [0.2, 0.25) is 5.91 Å². The average Bonchev–Trinajstić information content (AvgIpc) is 2.65. The van der Waals surface area contributed by atoms with Gasteiger partial charge in [0.1, 0.15) is 5.92 Å². The van der Waals surface area contributed by atoms with Crippen LogP contribution in [0.4, 0.5) is 0 Å². The van der Waals surface area contributed by atoms with Gasteiger partial charge in [-0.3, -0.25) is 9.59 Å². The van der Waals surface area contributed by atoms with E-state index >= 15 is 0 Å². The highest BCUT2D eigenvalue weighted by Gasteiger charge is 2.45. The fourth-order valence-corrected chi connectivity index (χ4v) is 2.81. The SMILES string of the molecule is CCOC(=O)[C@H]1C(=O)NC[C@H]2CCC[C@H]21. The second-order valence-electron chi connectivity index (χ2n) is 4.33. The molecule has 1 saturated carbocycles. The van der Waals surface area contributed by atoms with Gasteiger partial charge in [-0.2, -0.15) is 0 Å². The molecule has 1 aliphatic heterocycles. The lowest BCUT2D eigenvalue weighted by Crippen LogP contribution is -2.49. The number of ether oxygens (including phenoxy) is 1. The van der Waals surface area contributed by atoms with E-state index in [-0.39, 0.29) is 17.8 Å². The Hall–Kier alpha value is -1.06. The van der Waals surface area contributed by atoms with Crippen molar-refractivity contribution in [2.45, 2.75) is 26.2 Å². The van der Waals surface area contributed by atoms with Gasteiger partial charge >= 0.3 is 5.97 Å². The van der Waals surface area contributed by atoms with Gasteiger partial charge in [-0.15, -0.1) is 0 Å². The van der Waals surface area contributed by atoms with E-state index in [1.54, 1.807) is 6.92 Å². The number of carbonyl (C=O) groups is 2. The van der Waals surface area contributed by atoms with Crippen molar-refractivity contribution < 1.29 is 14.3 Å². The second kappa shape index (κ2) is 4.21. The molecule has 0 unspecified atom stereocenters. The zero-order valence-electron chi connectivity index (χ0n) is 8.99. The molecule has 0 aromatic heterocycles. The highest BCUT2D eigenvalue weighted by atomic mass is 16.5. The van der Waals surface area contributed by atoms with Crippen molar-refractivity contribution >= 4 is 11.9 Å². The summed E-state index contributed by atoms with van der Waals surface area (Å²) in [6, 6.07) is 0. The van der Waals surface area contributed by atoms with Gasteiger partial charge in [-0.05, 0) is 31.6 Å². The lowest BCUT2D eigenvalue weighted by molar-refractivity contribution is -0.156. The van der Waals surface area contributed by atoms with Crippen molar-refractivity contribution in [1.29, 1.82) is 0 Å². The molecule has 15 heavy (non-hydrogen) atoms. The zero-order valence-corrected chi connectivity index (χ0v) is 8.99. The van der Waals surface area contributed by atoms with E-state index in [9.17, 15) is 9.59 Å². The minimum absolute atomic E-state index is 0.142. The first-order valence-electron chi connectivity index (χ1n) is 5.68. The summed E-state index contributed by atoms with van der Waals surface area (Å²) in [6.07, 6.45) is 3.24. The normalized spacial score (nSPS) is 34.5. The van der Waals surface area contributed by atoms with Crippen LogP contribution in [0.5, 0.6) is 0 Å². The molecule has 0 radical (unpaired) electrons. The Morgan fingerprint density at radius 3 is 3.07 bits per heavy atom. The summed E-state index contributed by atoms with van der Waals surface area (Å²) in [4.78, 5) is 23.3. The van der Waals surface area contributed by atoms with Crippen LogP contribution in [0.25, 0.3) is 0 Å². The summed E-state index contributed by atoms with van der Waals surface area (Å²) in [5, 5.41) is 2.80. The molecule has 4 nitrogen and oxygen atoms in total. The zero-order chi connectivity index (χ0) is 10.8. The van der Waals surface area contributed by atoms with E-state index in [1.165, 1.54) is 0 Å². The van der Waals surface area contributed by atoms with Crippen LogP contribution in [-0.2, 0) is 14.3 Å². The Morgan fingerprint density at radius 1 is 1.53 bits per heavy atom. The van der Waals surface area contributed by atoms with Crippen LogP contribution in [0.1, 0.15) is 26.2 Å². The summed E-state index contributed by atoms with van der Waals surface area (Å²) in [5.74, 6) is -0.329. The number of esters is 1. The molecule has 1 saturated heterocycles. The number of rotatable bonds is 2. The summed E-state index contributed by atoms with van der Waals surface area (Å²) in [7, 11) is 0. The van der Waals surface area contributed by atoms with Crippen LogP contribution in [0.2, 0.25) is 0 Å². The Balaban J connectivity index is 2.11. The van der Waals surface area contributed by atoms with Gasteiger partial charge < -0.3 is 10.1 Å². The van der Waals surface area contributed by atoms with Gasteiger partial charge in [0.05, 0.1) is 6.61 Å². The summed E-state index contributed by atoms with van der Waals surface area (Å²) in [5.41, 5.74) is 0. The maximum Gasteiger partial charge on any atom is 0.318 e. The molecule has 2 fully saturated rings. The second-order valence-corrected chi connectivity index (χ2v) is 4.33. The number of fused-ring (bicyclic) bond motifs is 1. The van der Waals surface area contributed by atoms with E-state index in [1.807, 2.05) is 0 Å². The Bertz CT molecular complexity index is 277. The van der Waals surface area contributed by atoms with E-state index in [0.717, 1.165) is 25.8 Å². The number of hydrogen-bond acceptors (Lipinski definition) is 3. The van der Waals surface area contributed by atoms with Crippen LogP contribution in [0, 0.1) is 17.8 Å². The highest BCUT2D eigenvalue weighted by Crippen LogP contribution is 2.39. The molecule has 2 rings (SSSR count). The van der Waals surface area contributed by atoms with Crippen LogP contribution < -0.4 is 5.32 Å². The molecule has 1 aliphatic carbocycles. The number of carbonyl (C=O) groups excluding carboxylic acids is 2. The fraction of sp³-hybridized carbons (Fsp3) is 0.818. The van der Waals surface area contributed by atoms with Gasteiger partial charge in [-0.25, -0.2) is 0 Å². The van der Waals surface area contributed by atoms with Gasteiger partial charge in [0, 0.05) is 6.54 Å². The Labute approximate surface area is 89.4 Å². The summed E-state index contributed by atoms with van der Waals surface area (Å²) < 4.78 is 4.96. The van der Waals surface area contributed by atoms with Gasteiger partial charge in [0.15, 0.2) is 0 Å². The molecule has 4 heteroatoms. The summed E-state index contributed by atoms with van der Waals surface area (Å²) in [6.45, 7) is 2.85. The van der Waals surface area contributed by atoms with E-state index in [4.69, 9.17) is 4.74 Å². The van der Waals surface area contributed by atoms with Crippen molar-refractivity contribution in [2.24, 2.45) is 17.8 Å². The molecule has 84 valence electrons. The van der Waals surface area contributed by atoms with E-state index < -0.39 is 5.92 Å². The molecule has 1 heterocycles. The number of amides is 1. The molecule has 2 aliphatic rings. The van der Waals surface area contributed by atoms with Crippen molar-refractivity contribution in [3.8, 4) is 0 Å². The molecular formula is C11H17NO3. The number of nitrogens with one attached hydrogen (secondary N) is 1. The molecule has 3 atom stereocenters. The van der Waals surface area contributed by atoms with Crippen molar-refractivity contribution in [1.82, 2.24) is 5.32 Å². The largest absolute Gasteiger partial charge is 0.465 e. The lowest BCUT2D eigenvalue weighted by atomic mass is 9.80. The van der Waals surface area contributed by atoms with Crippen LogP contribution in [-0.4, -0.2) is 25.0 Å². The van der Waals surface area contributed by atoms with Crippen molar-refractivity contribution in [2.75, 3.05) is 13.2 Å². The van der Waals surface area contributed by atoms with Gasteiger partial charge in [-0.1, -0.05) is 6.42 Å². The third-order valence-corrected chi connectivity index (χ3v) is 3.51. The minimum Gasteiger partial charge on any atom is -0.465 e. The first-order valence-corrected chi connectivity index (χ1v) is 5.68. The molecule has 0 spiro atoms. The monoisotopic (exact) mass is 211 g/mol. The first kappa shape index (κ1) is 10.5. The number of hydrogen-bond donors (Lipinski definition) is 1. The third-order valence-electron chi connectivity index (χ3n) is 3.51. The predicted molar refractivity (Wildman–Crippen MR) is 54.0 cm³/mol. The first-order chi connectivity index (χ1) is 7.24. The van der Waals surface area contributed by atoms with Crippen molar-refractivity contribution in [3.63, 3.8) is 0 Å². The fourth-order valence-electron chi connectivity index (χ4n) is 2.81. The smallest absolute Gasteiger partial charge is 0.318 e. The molecule has 0 aromatic carbocycles. The molecule has 1 N–H and O–H groups in total. The van der Waals surface area contributed by atoms with E-state index in [0.29, 0.717) is 12.5 Å². The minimum atomic E-state index is -0.550. The Kier molecular flexibility index (Phi) is 2.93. The number of piperidine rings is 1.